The van der Waals surface area contributed by atoms with Crippen LogP contribution < -0.4 is 0 Å². The van der Waals surface area contributed by atoms with E-state index in [1.165, 1.54) is 0 Å². The summed E-state index contributed by atoms with van der Waals surface area (Å²) in [6.07, 6.45) is 4.79. The van der Waals surface area contributed by atoms with Crippen LogP contribution in [0.5, 0.6) is 0 Å². The molecule has 23 heavy (non-hydrogen) atoms. The molecule has 3 aliphatic heterocycles. The molecule has 0 N–H and O–H groups in total. The summed E-state index contributed by atoms with van der Waals surface area (Å²) in [6, 6.07) is 0. The fourth-order valence-corrected chi connectivity index (χ4v) is 4.90. The minimum atomic E-state index is -3.07. The predicted molar refractivity (Wildman–Crippen MR) is 86.9 cm³/mol. The van der Waals surface area contributed by atoms with Gasteiger partial charge in [-0.3, -0.25) is 0 Å². The highest BCUT2D eigenvalue weighted by Crippen LogP contribution is 2.37. The van der Waals surface area contributed by atoms with Crippen molar-refractivity contribution in [2.45, 2.75) is 50.7 Å². The fraction of sp³-hybridized carbons (Fsp3) is 1.00. The van der Waals surface area contributed by atoms with Crippen molar-refractivity contribution in [3.8, 4) is 0 Å². The monoisotopic (exact) mass is 347 g/mol. The van der Waals surface area contributed by atoms with E-state index in [4.69, 9.17) is 14.2 Å². The quantitative estimate of drug-likeness (QED) is 0.752. The fourth-order valence-electron chi connectivity index (χ4n) is 3.80. The maximum Gasteiger partial charge on any atom is 0.213 e. The van der Waals surface area contributed by atoms with Crippen molar-refractivity contribution < 1.29 is 22.6 Å². The van der Waals surface area contributed by atoms with Crippen LogP contribution in [0.15, 0.2) is 0 Å². The number of nitrogens with zero attached hydrogens (tertiary/aromatic N) is 1. The Morgan fingerprint density at radius 3 is 2.57 bits per heavy atom. The second-order valence-electron chi connectivity index (χ2n) is 7.01. The van der Waals surface area contributed by atoms with Crippen LogP contribution in [0, 0.1) is 5.92 Å². The summed E-state index contributed by atoms with van der Waals surface area (Å²) in [6.45, 7) is 5.98. The van der Waals surface area contributed by atoms with Crippen molar-refractivity contribution >= 4 is 10.0 Å². The summed E-state index contributed by atoms with van der Waals surface area (Å²) in [5.41, 5.74) is -0.167. The van der Waals surface area contributed by atoms with E-state index >= 15 is 0 Å². The number of sulfonamides is 1. The molecule has 134 valence electrons. The first-order valence-corrected chi connectivity index (χ1v) is 10.4. The molecule has 3 heterocycles. The first kappa shape index (κ1) is 17.6. The summed E-state index contributed by atoms with van der Waals surface area (Å²) in [7, 11) is -3.07. The number of ether oxygens (including phenoxy) is 3. The molecule has 3 rings (SSSR count). The average molecular weight is 347 g/mol. The van der Waals surface area contributed by atoms with Gasteiger partial charge in [-0.2, -0.15) is 0 Å². The zero-order chi connectivity index (χ0) is 16.3. The van der Waals surface area contributed by atoms with Crippen LogP contribution >= 0.6 is 0 Å². The lowest BCUT2D eigenvalue weighted by atomic mass is 9.89. The SMILES string of the molecule is CCS(=O)(=O)N1CCC2(CC1)C[C@H](OCC1CCOCC1)CO2. The number of hydrogen-bond acceptors (Lipinski definition) is 5. The molecule has 0 radical (unpaired) electrons. The normalized spacial score (nSPS) is 30.0. The largest absolute Gasteiger partial charge is 0.381 e. The van der Waals surface area contributed by atoms with Gasteiger partial charge in [0.25, 0.3) is 0 Å². The minimum Gasteiger partial charge on any atom is -0.381 e. The Labute approximate surface area is 139 Å². The van der Waals surface area contributed by atoms with Crippen LogP contribution in [0.4, 0.5) is 0 Å². The molecule has 0 aromatic heterocycles. The van der Waals surface area contributed by atoms with Gasteiger partial charge in [-0.1, -0.05) is 0 Å². The molecule has 0 unspecified atom stereocenters. The van der Waals surface area contributed by atoms with E-state index < -0.39 is 10.0 Å². The molecule has 0 aromatic rings. The maximum atomic E-state index is 11.9. The molecule has 1 spiro atoms. The number of piperidine rings is 1. The van der Waals surface area contributed by atoms with Gasteiger partial charge in [0.1, 0.15) is 0 Å². The van der Waals surface area contributed by atoms with Gasteiger partial charge in [0.2, 0.25) is 10.0 Å². The second-order valence-corrected chi connectivity index (χ2v) is 9.27. The summed E-state index contributed by atoms with van der Waals surface area (Å²) in [5, 5.41) is 0. The van der Waals surface area contributed by atoms with Crippen molar-refractivity contribution in [1.29, 1.82) is 0 Å². The summed E-state index contributed by atoms with van der Waals surface area (Å²) in [5.74, 6) is 0.786. The van der Waals surface area contributed by atoms with Gasteiger partial charge in [-0.25, -0.2) is 12.7 Å². The third-order valence-electron chi connectivity index (χ3n) is 5.48. The molecule has 6 nitrogen and oxygen atoms in total. The smallest absolute Gasteiger partial charge is 0.213 e. The van der Waals surface area contributed by atoms with Crippen molar-refractivity contribution in [2.24, 2.45) is 5.92 Å². The molecule has 7 heteroatoms. The topological polar surface area (TPSA) is 65.1 Å². The molecular formula is C16H29NO5S. The molecule has 0 aromatic carbocycles. The van der Waals surface area contributed by atoms with E-state index in [9.17, 15) is 8.42 Å². The summed E-state index contributed by atoms with van der Waals surface area (Å²) >= 11 is 0. The van der Waals surface area contributed by atoms with Crippen molar-refractivity contribution in [2.75, 3.05) is 45.3 Å². The van der Waals surface area contributed by atoms with Crippen LogP contribution in [0.3, 0.4) is 0 Å². The standard InChI is InChI=1S/C16H29NO5S/c1-2-23(18,19)17-7-5-16(6-8-17)11-15(13-22-16)21-12-14-3-9-20-10-4-14/h14-15H,2-13H2,1H3/t15-/m0/s1. The van der Waals surface area contributed by atoms with E-state index in [0.29, 0.717) is 25.6 Å². The van der Waals surface area contributed by atoms with E-state index in [0.717, 1.165) is 51.9 Å². The Bertz CT molecular complexity index is 481. The molecule has 3 saturated heterocycles. The number of hydrogen-bond donors (Lipinski definition) is 0. The Kier molecular flexibility index (Phi) is 5.63. The highest BCUT2D eigenvalue weighted by Gasteiger charge is 2.44. The van der Waals surface area contributed by atoms with Crippen LogP contribution in [-0.4, -0.2) is 69.7 Å². The zero-order valence-electron chi connectivity index (χ0n) is 14.0. The Morgan fingerprint density at radius 1 is 1.22 bits per heavy atom. The molecule has 3 fully saturated rings. The third-order valence-corrected chi connectivity index (χ3v) is 7.36. The first-order valence-electron chi connectivity index (χ1n) is 8.84. The average Bonchev–Trinajstić information content (AvgIpc) is 2.97. The van der Waals surface area contributed by atoms with Crippen LogP contribution in [0.25, 0.3) is 0 Å². The predicted octanol–water partition coefficient (Wildman–Crippen LogP) is 1.40. The first-order chi connectivity index (χ1) is 11.0. The number of rotatable bonds is 5. The van der Waals surface area contributed by atoms with Crippen LogP contribution in [-0.2, 0) is 24.2 Å². The Hall–Kier alpha value is -0.210. The van der Waals surface area contributed by atoms with Crippen molar-refractivity contribution in [1.82, 2.24) is 4.31 Å². The highest BCUT2D eigenvalue weighted by atomic mass is 32.2. The molecule has 0 saturated carbocycles. The lowest BCUT2D eigenvalue weighted by Crippen LogP contribution is -2.47. The van der Waals surface area contributed by atoms with E-state index in [1.54, 1.807) is 11.2 Å². The van der Waals surface area contributed by atoms with Crippen LogP contribution in [0.2, 0.25) is 0 Å². The van der Waals surface area contributed by atoms with E-state index in [2.05, 4.69) is 0 Å². The van der Waals surface area contributed by atoms with Crippen molar-refractivity contribution in [3.63, 3.8) is 0 Å². The Morgan fingerprint density at radius 2 is 1.91 bits per heavy atom. The molecule has 1 atom stereocenters. The summed E-state index contributed by atoms with van der Waals surface area (Å²) in [4.78, 5) is 0. The highest BCUT2D eigenvalue weighted by molar-refractivity contribution is 7.89. The lowest BCUT2D eigenvalue weighted by molar-refractivity contribution is -0.0368. The molecule has 3 aliphatic rings. The van der Waals surface area contributed by atoms with Crippen LogP contribution in [0.1, 0.15) is 39.0 Å². The van der Waals surface area contributed by atoms with Gasteiger partial charge in [-0.15, -0.1) is 0 Å². The molecule has 0 amide bonds. The van der Waals surface area contributed by atoms with E-state index in [1.807, 2.05) is 0 Å². The van der Waals surface area contributed by atoms with Gasteiger partial charge in [-0.05, 0) is 38.5 Å². The second kappa shape index (κ2) is 7.35. The third kappa shape index (κ3) is 4.25. The van der Waals surface area contributed by atoms with Gasteiger partial charge >= 0.3 is 0 Å². The summed E-state index contributed by atoms with van der Waals surface area (Å²) < 4.78 is 43.0. The molecular weight excluding hydrogens is 318 g/mol. The van der Waals surface area contributed by atoms with Gasteiger partial charge in [0.05, 0.1) is 30.7 Å². The van der Waals surface area contributed by atoms with Crippen molar-refractivity contribution in [3.05, 3.63) is 0 Å². The maximum absolute atomic E-state index is 11.9. The molecule has 0 aliphatic carbocycles. The zero-order valence-corrected chi connectivity index (χ0v) is 14.9. The Balaban J connectivity index is 1.44. The van der Waals surface area contributed by atoms with E-state index in [-0.39, 0.29) is 17.5 Å². The van der Waals surface area contributed by atoms with Gasteiger partial charge < -0.3 is 14.2 Å². The van der Waals surface area contributed by atoms with Gasteiger partial charge in [0.15, 0.2) is 0 Å². The molecule has 0 bridgehead atoms. The lowest BCUT2D eigenvalue weighted by Gasteiger charge is -2.37. The van der Waals surface area contributed by atoms with Gasteiger partial charge in [0, 0.05) is 32.7 Å². The minimum absolute atomic E-state index is 0.159.